The number of hydrogen-bond acceptors (Lipinski definition) is 4. The maximum Gasteiger partial charge on any atom is 0.255 e. The average Bonchev–Trinajstić information content (AvgIpc) is 3.48. The molecule has 2 aromatic rings. The highest BCUT2D eigenvalue weighted by molar-refractivity contribution is 5.96. The molecule has 1 aromatic carbocycles. The molecule has 3 aliphatic rings. The molecule has 0 bridgehead atoms. The van der Waals surface area contributed by atoms with Crippen LogP contribution in [0.5, 0.6) is 0 Å². The smallest absolute Gasteiger partial charge is 0.255 e. The Kier molecular flexibility index (Phi) is 6.19. The molecule has 5 rings (SSSR count). The fraction of sp³-hybridized carbons (Fsp3) is 0.519. The van der Waals surface area contributed by atoms with E-state index in [1.54, 1.807) is 6.20 Å². The van der Waals surface area contributed by atoms with Crippen LogP contribution in [-0.4, -0.2) is 59.3 Å². The van der Waals surface area contributed by atoms with Crippen molar-refractivity contribution in [1.29, 1.82) is 0 Å². The zero-order chi connectivity index (χ0) is 22.9. The second kappa shape index (κ2) is 9.26. The summed E-state index contributed by atoms with van der Waals surface area (Å²) in [7, 11) is 0. The first-order valence-corrected chi connectivity index (χ1v) is 12.3. The molecule has 2 saturated heterocycles. The Hall–Kier alpha value is -2.73. The minimum Gasteiger partial charge on any atom is -0.349 e. The van der Waals surface area contributed by atoms with Gasteiger partial charge in [0.2, 0.25) is 5.91 Å². The van der Waals surface area contributed by atoms with Gasteiger partial charge in [-0.15, -0.1) is 0 Å². The fourth-order valence-electron chi connectivity index (χ4n) is 5.57. The van der Waals surface area contributed by atoms with Crippen molar-refractivity contribution >= 4 is 11.8 Å². The van der Waals surface area contributed by atoms with E-state index in [-0.39, 0.29) is 23.8 Å². The zero-order valence-electron chi connectivity index (χ0n) is 19.7. The molecule has 2 aliphatic heterocycles. The number of fused-ring (bicyclic) bond motifs is 1. The number of pyridine rings is 1. The lowest BCUT2D eigenvalue weighted by Gasteiger charge is -2.25. The SMILES string of the molecule is Cc1ccnc(C)c1C(=O)N1CC2CN(CC[C@H](NC(=O)C3CC3)c3ccccc3)CC2C1. The average molecular weight is 447 g/mol. The van der Waals surface area contributed by atoms with Crippen molar-refractivity contribution < 1.29 is 9.59 Å². The van der Waals surface area contributed by atoms with Crippen LogP contribution >= 0.6 is 0 Å². The molecule has 6 nitrogen and oxygen atoms in total. The quantitative estimate of drug-likeness (QED) is 0.708. The van der Waals surface area contributed by atoms with Crippen LogP contribution in [0.3, 0.4) is 0 Å². The number of benzene rings is 1. The molecular weight excluding hydrogens is 412 g/mol. The number of aromatic nitrogens is 1. The standard InChI is InChI=1S/C27H34N4O2/c1-18-10-12-28-19(2)25(18)27(33)31-16-22-14-30(15-23(22)17-31)13-11-24(20-6-4-3-5-7-20)29-26(32)21-8-9-21/h3-7,10,12,21-24H,8-9,11,13-17H2,1-2H3,(H,29,32)/t22?,23?,24-/m0/s1. The highest BCUT2D eigenvalue weighted by Gasteiger charge is 2.42. The fourth-order valence-corrected chi connectivity index (χ4v) is 5.57. The highest BCUT2D eigenvalue weighted by atomic mass is 16.2. The lowest BCUT2D eigenvalue weighted by molar-refractivity contribution is -0.123. The summed E-state index contributed by atoms with van der Waals surface area (Å²) in [5, 5.41) is 3.30. The van der Waals surface area contributed by atoms with E-state index >= 15 is 0 Å². The van der Waals surface area contributed by atoms with Gasteiger partial charge in [-0.25, -0.2) is 0 Å². The van der Waals surface area contributed by atoms with Gasteiger partial charge in [-0.3, -0.25) is 14.6 Å². The molecule has 2 unspecified atom stereocenters. The Balaban J connectivity index is 1.17. The molecule has 1 aliphatic carbocycles. The van der Waals surface area contributed by atoms with Crippen molar-refractivity contribution in [2.24, 2.45) is 17.8 Å². The molecule has 1 aromatic heterocycles. The Morgan fingerprint density at radius 3 is 2.36 bits per heavy atom. The number of nitrogens with one attached hydrogen (secondary N) is 1. The van der Waals surface area contributed by atoms with Crippen molar-refractivity contribution in [3.63, 3.8) is 0 Å². The summed E-state index contributed by atoms with van der Waals surface area (Å²) in [4.78, 5) is 34.5. The third-order valence-electron chi connectivity index (χ3n) is 7.61. The first-order chi connectivity index (χ1) is 16.0. The molecular formula is C27H34N4O2. The first kappa shape index (κ1) is 22.1. The number of aryl methyl sites for hydroxylation is 2. The lowest BCUT2D eigenvalue weighted by Crippen LogP contribution is -2.36. The van der Waals surface area contributed by atoms with E-state index in [1.807, 2.05) is 43.0 Å². The minimum absolute atomic E-state index is 0.0642. The van der Waals surface area contributed by atoms with Gasteiger partial charge in [0.15, 0.2) is 0 Å². The van der Waals surface area contributed by atoms with Crippen LogP contribution in [0.25, 0.3) is 0 Å². The summed E-state index contributed by atoms with van der Waals surface area (Å²) in [6.07, 6.45) is 4.73. The second-order valence-corrected chi connectivity index (χ2v) is 10.1. The van der Waals surface area contributed by atoms with Gasteiger partial charge in [0.1, 0.15) is 0 Å². The van der Waals surface area contributed by atoms with Crippen LogP contribution in [0.4, 0.5) is 0 Å². The zero-order valence-corrected chi connectivity index (χ0v) is 19.7. The van der Waals surface area contributed by atoms with E-state index in [2.05, 4.69) is 27.3 Å². The Morgan fingerprint density at radius 1 is 1.03 bits per heavy atom. The summed E-state index contributed by atoms with van der Waals surface area (Å²) < 4.78 is 0. The monoisotopic (exact) mass is 446 g/mol. The highest BCUT2D eigenvalue weighted by Crippen LogP contribution is 2.34. The largest absolute Gasteiger partial charge is 0.349 e. The molecule has 3 fully saturated rings. The van der Waals surface area contributed by atoms with Gasteiger partial charge in [0.05, 0.1) is 17.3 Å². The van der Waals surface area contributed by atoms with Crippen molar-refractivity contribution in [2.45, 2.75) is 39.2 Å². The summed E-state index contributed by atoms with van der Waals surface area (Å²) in [5.74, 6) is 1.62. The number of carbonyl (C=O) groups excluding carboxylic acids is 2. The van der Waals surface area contributed by atoms with E-state index in [0.29, 0.717) is 11.8 Å². The Bertz CT molecular complexity index is 986. The number of nitrogens with zero attached hydrogens (tertiary/aromatic N) is 3. The summed E-state index contributed by atoms with van der Waals surface area (Å²) in [5.41, 5.74) is 3.78. The lowest BCUT2D eigenvalue weighted by atomic mass is 10.0. The molecule has 3 atom stereocenters. The topological polar surface area (TPSA) is 65.5 Å². The third kappa shape index (κ3) is 4.81. The van der Waals surface area contributed by atoms with Gasteiger partial charge in [-0.1, -0.05) is 30.3 Å². The molecule has 1 saturated carbocycles. The van der Waals surface area contributed by atoms with Gasteiger partial charge in [-0.2, -0.15) is 0 Å². The number of hydrogen-bond donors (Lipinski definition) is 1. The summed E-state index contributed by atoms with van der Waals surface area (Å²) in [6, 6.07) is 12.3. The predicted molar refractivity (Wildman–Crippen MR) is 128 cm³/mol. The maximum atomic E-state index is 13.2. The summed E-state index contributed by atoms with van der Waals surface area (Å²) >= 11 is 0. The third-order valence-corrected chi connectivity index (χ3v) is 7.61. The van der Waals surface area contributed by atoms with Gasteiger partial charge in [0.25, 0.3) is 5.91 Å². The normalized spacial score (nSPS) is 23.4. The van der Waals surface area contributed by atoms with Crippen LogP contribution < -0.4 is 5.32 Å². The molecule has 3 heterocycles. The predicted octanol–water partition coefficient (Wildman–Crippen LogP) is 3.36. The second-order valence-electron chi connectivity index (χ2n) is 10.1. The van der Waals surface area contributed by atoms with E-state index in [1.165, 1.54) is 5.56 Å². The number of carbonyl (C=O) groups is 2. The van der Waals surface area contributed by atoms with E-state index in [0.717, 1.165) is 68.8 Å². The van der Waals surface area contributed by atoms with Crippen LogP contribution in [-0.2, 0) is 4.79 Å². The number of rotatable bonds is 7. The maximum absolute atomic E-state index is 13.2. The van der Waals surface area contributed by atoms with Gasteiger partial charge < -0.3 is 15.1 Å². The van der Waals surface area contributed by atoms with E-state index in [4.69, 9.17) is 0 Å². The van der Waals surface area contributed by atoms with Crippen molar-refractivity contribution in [2.75, 3.05) is 32.7 Å². The van der Waals surface area contributed by atoms with Gasteiger partial charge in [0, 0.05) is 44.8 Å². The van der Waals surface area contributed by atoms with Crippen LogP contribution in [0.2, 0.25) is 0 Å². The van der Waals surface area contributed by atoms with Crippen LogP contribution in [0, 0.1) is 31.6 Å². The number of amides is 2. The molecule has 6 heteroatoms. The first-order valence-electron chi connectivity index (χ1n) is 12.3. The molecule has 0 radical (unpaired) electrons. The van der Waals surface area contributed by atoms with Crippen LogP contribution in [0.15, 0.2) is 42.6 Å². The van der Waals surface area contributed by atoms with Crippen LogP contribution in [0.1, 0.15) is 52.5 Å². The molecule has 1 N–H and O–H groups in total. The van der Waals surface area contributed by atoms with E-state index in [9.17, 15) is 9.59 Å². The molecule has 33 heavy (non-hydrogen) atoms. The van der Waals surface area contributed by atoms with Crippen molar-refractivity contribution in [1.82, 2.24) is 20.1 Å². The molecule has 0 spiro atoms. The van der Waals surface area contributed by atoms with Crippen molar-refractivity contribution in [3.05, 3.63) is 65.0 Å². The van der Waals surface area contributed by atoms with E-state index < -0.39 is 0 Å². The Labute approximate surface area is 196 Å². The van der Waals surface area contributed by atoms with Gasteiger partial charge >= 0.3 is 0 Å². The molecule has 2 amide bonds. The number of likely N-dealkylation sites (tertiary alicyclic amines) is 2. The molecule has 174 valence electrons. The van der Waals surface area contributed by atoms with Gasteiger partial charge in [-0.05, 0) is 62.1 Å². The Morgan fingerprint density at radius 2 is 1.73 bits per heavy atom. The van der Waals surface area contributed by atoms with Crippen molar-refractivity contribution in [3.8, 4) is 0 Å². The minimum atomic E-state index is 0.0642. The summed E-state index contributed by atoms with van der Waals surface area (Å²) in [6.45, 7) is 8.58.